The van der Waals surface area contributed by atoms with E-state index in [-0.39, 0.29) is 11.9 Å². The Morgan fingerprint density at radius 1 is 1.50 bits per heavy atom. The van der Waals surface area contributed by atoms with Crippen LogP contribution in [0.4, 0.5) is 0 Å². The van der Waals surface area contributed by atoms with Crippen LogP contribution in [0.5, 0.6) is 0 Å². The molecule has 1 aliphatic heterocycles. The van der Waals surface area contributed by atoms with Crippen molar-refractivity contribution in [1.29, 1.82) is 0 Å². The standard InChI is InChI=1S/C15H18N2OS2/c1-3-11-10-6-8-19-12(10)5-7-17(11)15(18)13-9-16-14(4-2)20-13/h6,8-9,11H,3-5,7H2,1-2H3/t11-/m1/s1. The van der Waals surface area contributed by atoms with Gasteiger partial charge in [0.05, 0.1) is 17.2 Å². The largest absolute Gasteiger partial charge is 0.330 e. The summed E-state index contributed by atoms with van der Waals surface area (Å²) < 4.78 is 0. The fourth-order valence-corrected chi connectivity index (χ4v) is 4.54. The van der Waals surface area contributed by atoms with Crippen LogP contribution in [0.2, 0.25) is 0 Å². The van der Waals surface area contributed by atoms with Crippen LogP contribution < -0.4 is 0 Å². The van der Waals surface area contributed by atoms with Crippen LogP contribution in [-0.4, -0.2) is 22.3 Å². The van der Waals surface area contributed by atoms with E-state index in [0.29, 0.717) is 0 Å². The molecule has 0 radical (unpaired) electrons. The highest BCUT2D eigenvalue weighted by atomic mass is 32.1. The van der Waals surface area contributed by atoms with Crippen molar-refractivity contribution in [3.8, 4) is 0 Å². The summed E-state index contributed by atoms with van der Waals surface area (Å²) in [5, 5.41) is 3.18. The van der Waals surface area contributed by atoms with Crippen LogP contribution >= 0.6 is 22.7 Å². The Morgan fingerprint density at radius 3 is 3.05 bits per heavy atom. The number of rotatable bonds is 3. The highest BCUT2D eigenvalue weighted by Gasteiger charge is 2.31. The zero-order chi connectivity index (χ0) is 14.1. The second-order valence-electron chi connectivity index (χ2n) is 4.94. The topological polar surface area (TPSA) is 33.2 Å². The number of aryl methyl sites for hydroxylation is 1. The lowest BCUT2D eigenvalue weighted by atomic mass is 9.97. The summed E-state index contributed by atoms with van der Waals surface area (Å²) in [5.74, 6) is 0.144. The molecular weight excluding hydrogens is 288 g/mol. The average Bonchev–Trinajstić information content (AvgIpc) is 3.13. The number of carbonyl (C=O) groups excluding carboxylic acids is 1. The molecule has 0 spiro atoms. The Hall–Kier alpha value is -1.20. The first-order chi connectivity index (χ1) is 9.74. The molecule has 0 aromatic carbocycles. The Morgan fingerprint density at radius 2 is 2.35 bits per heavy atom. The van der Waals surface area contributed by atoms with E-state index < -0.39 is 0 Å². The summed E-state index contributed by atoms with van der Waals surface area (Å²) in [6, 6.07) is 2.40. The van der Waals surface area contributed by atoms with Crippen molar-refractivity contribution in [2.75, 3.05) is 6.54 Å². The van der Waals surface area contributed by atoms with Gasteiger partial charge in [0.2, 0.25) is 0 Å². The molecule has 0 aliphatic carbocycles. The SMILES string of the molecule is CCc1ncc(C(=O)N2CCc3sccc3[C@H]2CC)s1. The minimum absolute atomic E-state index is 0.144. The summed E-state index contributed by atoms with van der Waals surface area (Å²) in [4.78, 5) is 21.3. The number of hydrogen-bond donors (Lipinski definition) is 0. The molecule has 20 heavy (non-hydrogen) atoms. The number of carbonyl (C=O) groups is 1. The van der Waals surface area contributed by atoms with Gasteiger partial charge in [0.15, 0.2) is 0 Å². The number of nitrogens with zero attached hydrogens (tertiary/aromatic N) is 2. The van der Waals surface area contributed by atoms with E-state index in [1.165, 1.54) is 21.8 Å². The third kappa shape index (κ3) is 2.29. The number of aromatic nitrogens is 1. The van der Waals surface area contributed by atoms with Gasteiger partial charge in [-0.05, 0) is 36.3 Å². The van der Waals surface area contributed by atoms with Crippen molar-refractivity contribution < 1.29 is 4.79 Å². The van der Waals surface area contributed by atoms with Gasteiger partial charge >= 0.3 is 0 Å². The Bertz CT molecular complexity index is 617. The first-order valence-corrected chi connectivity index (χ1v) is 8.76. The van der Waals surface area contributed by atoms with E-state index in [0.717, 1.165) is 35.7 Å². The summed E-state index contributed by atoms with van der Waals surface area (Å²) in [7, 11) is 0. The lowest BCUT2D eigenvalue weighted by molar-refractivity contribution is 0.0662. The van der Waals surface area contributed by atoms with Crippen LogP contribution in [0.25, 0.3) is 0 Å². The molecule has 0 saturated carbocycles. The fourth-order valence-electron chi connectivity index (χ4n) is 2.79. The minimum Gasteiger partial charge on any atom is -0.330 e. The summed E-state index contributed by atoms with van der Waals surface area (Å²) in [5.41, 5.74) is 1.34. The summed E-state index contributed by atoms with van der Waals surface area (Å²) in [6.07, 6.45) is 4.58. The Kier molecular flexibility index (Phi) is 3.89. The molecule has 1 atom stereocenters. The second kappa shape index (κ2) is 5.66. The fraction of sp³-hybridized carbons (Fsp3) is 0.467. The van der Waals surface area contributed by atoms with Crippen molar-refractivity contribution >= 4 is 28.6 Å². The van der Waals surface area contributed by atoms with Crippen LogP contribution in [0.15, 0.2) is 17.6 Å². The van der Waals surface area contributed by atoms with Crippen molar-refractivity contribution in [2.45, 2.75) is 39.2 Å². The van der Waals surface area contributed by atoms with Crippen molar-refractivity contribution in [2.24, 2.45) is 0 Å². The molecule has 3 nitrogen and oxygen atoms in total. The number of fused-ring (bicyclic) bond motifs is 1. The van der Waals surface area contributed by atoms with Crippen LogP contribution in [0, 0.1) is 0 Å². The molecule has 3 rings (SSSR count). The summed E-state index contributed by atoms with van der Waals surface area (Å²) >= 11 is 3.34. The predicted molar refractivity (Wildman–Crippen MR) is 83.6 cm³/mol. The number of amides is 1. The predicted octanol–water partition coefficient (Wildman–Crippen LogP) is 3.92. The van der Waals surface area contributed by atoms with Gasteiger partial charge in [-0.2, -0.15) is 0 Å². The van der Waals surface area contributed by atoms with E-state index in [1.54, 1.807) is 6.20 Å². The second-order valence-corrected chi connectivity index (χ2v) is 7.06. The lowest BCUT2D eigenvalue weighted by Gasteiger charge is -2.35. The molecule has 0 N–H and O–H groups in total. The van der Waals surface area contributed by atoms with Gasteiger partial charge < -0.3 is 4.90 Å². The maximum Gasteiger partial charge on any atom is 0.266 e. The molecule has 0 bridgehead atoms. The van der Waals surface area contributed by atoms with E-state index in [9.17, 15) is 4.79 Å². The highest BCUT2D eigenvalue weighted by Crippen LogP contribution is 2.36. The highest BCUT2D eigenvalue weighted by molar-refractivity contribution is 7.13. The maximum absolute atomic E-state index is 12.7. The normalized spacial score (nSPS) is 18.1. The number of thiazole rings is 1. The van der Waals surface area contributed by atoms with Crippen molar-refractivity contribution in [1.82, 2.24) is 9.88 Å². The average molecular weight is 306 g/mol. The Labute approximate surface area is 127 Å². The third-order valence-electron chi connectivity index (χ3n) is 3.81. The molecule has 106 valence electrons. The van der Waals surface area contributed by atoms with E-state index in [1.807, 2.05) is 16.2 Å². The molecule has 0 unspecified atom stereocenters. The first kappa shape index (κ1) is 13.8. The first-order valence-electron chi connectivity index (χ1n) is 7.06. The van der Waals surface area contributed by atoms with Gasteiger partial charge in [-0.1, -0.05) is 13.8 Å². The maximum atomic E-state index is 12.7. The van der Waals surface area contributed by atoms with Gasteiger partial charge in [0.25, 0.3) is 5.91 Å². The quantitative estimate of drug-likeness (QED) is 0.861. The van der Waals surface area contributed by atoms with Crippen LogP contribution in [0.1, 0.15) is 51.4 Å². The lowest BCUT2D eigenvalue weighted by Crippen LogP contribution is -2.39. The number of hydrogen-bond acceptors (Lipinski definition) is 4. The zero-order valence-electron chi connectivity index (χ0n) is 11.8. The van der Waals surface area contributed by atoms with Gasteiger partial charge in [0.1, 0.15) is 4.88 Å². The van der Waals surface area contributed by atoms with E-state index >= 15 is 0 Å². The molecule has 1 amide bonds. The minimum atomic E-state index is 0.144. The van der Waals surface area contributed by atoms with Crippen LogP contribution in [0.3, 0.4) is 0 Å². The zero-order valence-corrected chi connectivity index (χ0v) is 13.4. The summed E-state index contributed by atoms with van der Waals surface area (Å²) in [6.45, 7) is 5.05. The monoisotopic (exact) mass is 306 g/mol. The van der Waals surface area contributed by atoms with Crippen LogP contribution in [-0.2, 0) is 12.8 Å². The molecule has 2 aromatic heterocycles. The number of thiophene rings is 1. The molecule has 1 aliphatic rings. The molecule has 2 aromatic rings. The van der Waals surface area contributed by atoms with Gasteiger partial charge in [-0.3, -0.25) is 4.79 Å². The van der Waals surface area contributed by atoms with Gasteiger partial charge in [-0.15, -0.1) is 22.7 Å². The van der Waals surface area contributed by atoms with Gasteiger partial charge in [0, 0.05) is 11.4 Å². The van der Waals surface area contributed by atoms with E-state index in [4.69, 9.17) is 0 Å². The molecule has 0 saturated heterocycles. The third-order valence-corrected chi connectivity index (χ3v) is 5.94. The van der Waals surface area contributed by atoms with Crippen molar-refractivity contribution in [3.63, 3.8) is 0 Å². The van der Waals surface area contributed by atoms with E-state index in [2.05, 4.69) is 30.3 Å². The van der Waals surface area contributed by atoms with Crippen molar-refractivity contribution in [3.05, 3.63) is 38.0 Å². The van der Waals surface area contributed by atoms with Gasteiger partial charge in [-0.25, -0.2) is 4.98 Å². The Balaban J connectivity index is 1.88. The smallest absolute Gasteiger partial charge is 0.266 e. The molecule has 5 heteroatoms. The molecule has 0 fully saturated rings. The molecular formula is C15H18N2OS2. The molecule has 3 heterocycles.